The van der Waals surface area contributed by atoms with Crippen LogP contribution in [0.15, 0.2) is 42.5 Å². The van der Waals surface area contributed by atoms with E-state index in [-0.39, 0.29) is 24.1 Å². The quantitative estimate of drug-likeness (QED) is 0.570. The third-order valence-corrected chi connectivity index (χ3v) is 4.48. The molecule has 7 heteroatoms. The molecule has 2 rings (SSSR count). The molecule has 126 valence electrons. The molecule has 0 saturated heterocycles. The molecule has 0 saturated carbocycles. The van der Waals surface area contributed by atoms with Crippen molar-refractivity contribution in [2.45, 2.75) is 19.4 Å². The Labute approximate surface area is 149 Å². The van der Waals surface area contributed by atoms with Crippen molar-refractivity contribution < 1.29 is 9.72 Å². The number of amides is 1. The largest absolute Gasteiger partial charge is 0.339 e. The Balaban J connectivity index is 2.14. The molecule has 0 aliphatic carbocycles. The van der Waals surface area contributed by atoms with Crippen LogP contribution in [0.1, 0.15) is 24.1 Å². The van der Waals surface area contributed by atoms with Gasteiger partial charge in [-0.3, -0.25) is 14.9 Å². The number of nitro groups is 1. The van der Waals surface area contributed by atoms with Gasteiger partial charge in [-0.05, 0) is 30.2 Å². The number of halogens is 2. The van der Waals surface area contributed by atoms with Gasteiger partial charge in [0.15, 0.2) is 0 Å². The number of non-ortho nitro benzene ring substituents is 1. The van der Waals surface area contributed by atoms with Crippen LogP contribution < -0.4 is 0 Å². The van der Waals surface area contributed by atoms with Crippen molar-refractivity contribution in [1.82, 2.24) is 4.90 Å². The summed E-state index contributed by atoms with van der Waals surface area (Å²) in [5, 5.41) is 11.8. The summed E-state index contributed by atoms with van der Waals surface area (Å²) in [7, 11) is 1.66. The Morgan fingerprint density at radius 2 is 1.96 bits per heavy atom. The highest BCUT2D eigenvalue weighted by Gasteiger charge is 2.20. The SMILES string of the molecule is C[C@H](c1cccc([N+](=O)[O-])c1)N(C)C(=O)Cc1ccc(Cl)cc1Cl. The van der Waals surface area contributed by atoms with Crippen LogP contribution in [0.4, 0.5) is 5.69 Å². The molecular formula is C17H16Cl2N2O3. The number of likely N-dealkylation sites (N-methyl/N-ethyl adjacent to an activating group) is 1. The standard InChI is InChI=1S/C17H16Cl2N2O3/c1-11(12-4-3-5-15(8-12)21(23)24)20(2)17(22)9-13-6-7-14(18)10-16(13)19/h3-8,10-11H,9H2,1-2H3/t11-/m1/s1. The van der Waals surface area contributed by atoms with E-state index in [0.29, 0.717) is 21.2 Å². The molecule has 1 amide bonds. The fraction of sp³-hybridized carbons (Fsp3) is 0.235. The Bertz CT molecular complexity index is 780. The first-order valence-electron chi connectivity index (χ1n) is 7.23. The van der Waals surface area contributed by atoms with Crippen LogP contribution in [0.3, 0.4) is 0 Å². The Morgan fingerprint density at radius 1 is 1.25 bits per heavy atom. The minimum absolute atomic E-state index is 0.000875. The Hall–Kier alpha value is -2.11. The summed E-state index contributed by atoms with van der Waals surface area (Å²) >= 11 is 12.0. The Morgan fingerprint density at radius 3 is 2.58 bits per heavy atom. The van der Waals surface area contributed by atoms with E-state index >= 15 is 0 Å². The smallest absolute Gasteiger partial charge is 0.269 e. The second kappa shape index (κ2) is 7.64. The van der Waals surface area contributed by atoms with E-state index < -0.39 is 4.92 Å². The lowest BCUT2D eigenvalue weighted by Gasteiger charge is -2.25. The molecule has 0 aliphatic heterocycles. The number of carbonyl (C=O) groups is 1. The monoisotopic (exact) mass is 366 g/mol. The van der Waals surface area contributed by atoms with Gasteiger partial charge in [0.25, 0.3) is 5.69 Å². The van der Waals surface area contributed by atoms with Gasteiger partial charge in [0.05, 0.1) is 17.4 Å². The molecule has 0 fully saturated rings. The zero-order valence-electron chi connectivity index (χ0n) is 13.2. The van der Waals surface area contributed by atoms with E-state index in [1.807, 2.05) is 6.92 Å². The third-order valence-electron chi connectivity index (χ3n) is 3.89. The van der Waals surface area contributed by atoms with Crippen molar-refractivity contribution in [3.8, 4) is 0 Å². The van der Waals surface area contributed by atoms with Crippen molar-refractivity contribution in [1.29, 1.82) is 0 Å². The summed E-state index contributed by atoms with van der Waals surface area (Å²) in [6.07, 6.45) is 0.131. The van der Waals surface area contributed by atoms with Gasteiger partial charge in [0.1, 0.15) is 0 Å². The summed E-state index contributed by atoms with van der Waals surface area (Å²) in [5.74, 6) is -0.141. The fourth-order valence-corrected chi connectivity index (χ4v) is 2.77. The van der Waals surface area contributed by atoms with Crippen molar-refractivity contribution in [3.63, 3.8) is 0 Å². The van der Waals surface area contributed by atoms with Gasteiger partial charge in [-0.15, -0.1) is 0 Å². The first-order valence-corrected chi connectivity index (χ1v) is 7.99. The third kappa shape index (κ3) is 4.24. The molecule has 2 aromatic carbocycles. The molecule has 2 aromatic rings. The molecule has 0 bridgehead atoms. The summed E-state index contributed by atoms with van der Waals surface area (Å²) < 4.78 is 0. The molecule has 5 nitrogen and oxygen atoms in total. The lowest BCUT2D eigenvalue weighted by atomic mass is 10.1. The molecule has 0 spiro atoms. The van der Waals surface area contributed by atoms with Crippen molar-refractivity contribution in [2.75, 3.05) is 7.05 Å². The van der Waals surface area contributed by atoms with Crippen LogP contribution in [-0.2, 0) is 11.2 Å². The van der Waals surface area contributed by atoms with Crippen molar-refractivity contribution >= 4 is 34.8 Å². The van der Waals surface area contributed by atoms with Crippen LogP contribution >= 0.6 is 23.2 Å². The van der Waals surface area contributed by atoms with Crippen LogP contribution in [-0.4, -0.2) is 22.8 Å². The van der Waals surface area contributed by atoms with Crippen LogP contribution in [0.5, 0.6) is 0 Å². The topological polar surface area (TPSA) is 63.5 Å². The summed E-state index contributed by atoms with van der Waals surface area (Å²) in [6.45, 7) is 1.82. The molecule has 0 aromatic heterocycles. The van der Waals surface area contributed by atoms with Gasteiger partial charge in [-0.25, -0.2) is 0 Å². The van der Waals surface area contributed by atoms with Crippen molar-refractivity contribution in [3.05, 3.63) is 73.8 Å². The number of carbonyl (C=O) groups excluding carboxylic acids is 1. The number of nitrogens with zero attached hydrogens (tertiary/aromatic N) is 2. The number of benzene rings is 2. The molecular weight excluding hydrogens is 351 g/mol. The zero-order valence-corrected chi connectivity index (χ0v) is 14.7. The van der Waals surface area contributed by atoms with Crippen molar-refractivity contribution in [2.24, 2.45) is 0 Å². The maximum atomic E-state index is 12.5. The predicted molar refractivity (Wildman–Crippen MR) is 94.4 cm³/mol. The Kier molecular flexibility index (Phi) is 5.80. The second-order valence-electron chi connectivity index (χ2n) is 5.45. The molecule has 0 heterocycles. The highest BCUT2D eigenvalue weighted by molar-refractivity contribution is 6.35. The van der Waals surface area contributed by atoms with Gasteiger partial charge < -0.3 is 4.90 Å². The van der Waals surface area contributed by atoms with E-state index in [0.717, 1.165) is 0 Å². The van der Waals surface area contributed by atoms with E-state index in [1.54, 1.807) is 42.3 Å². The maximum absolute atomic E-state index is 12.5. The number of nitro benzene ring substituents is 1. The molecule has 24 heavy (non-hydrogen) atoms. The lowest BCUT2D eigenvalue weighted by molar-refractivity contribution is -0.384. The summed E-state index contributed by atoms with van der Waals surface area (Å²) in [6, 6.07) is 11.0. The number of hydrogen-bond acceptors (Lipinski definition) is 3. The van der Waals surface area contributed by atoms with E-state index in [9.17, 15) is 14.9 Å². The minimum atomic E-state index is -0.453. The van der Waals surface area contributed by atoms with Gasteiger partial charge in [-0.1, -0.05) is 41.4 Å². The zero-order chi connectivity index (χ0) is 17.9. The van der Waals surface area contributed by atoms with Gasteiger partial charge in [-0.2, -0.15) is 0 Å². The van der Waals surface area contributed by atoms with E-state index in [4.69, 9.17) is 23.2 Å². The first-order chi connectivity index (χ1) is 11.3. The predicted octanol–water partition coefficient (Wildman–Crippen LogP) is 4.66. The number of hydrogen-bond donors (Lipinski definition) is 0. The van der Waals surface area contributed by atoms with E-state index in [2.05, 4.69) is 0 Å². The van der Waals surface area contributed by atoms with Crippen LogP contribution in [0.2, 0.25) is 10.0 Å². The second-order valence-corrected chi connectivity index (χ2v) is 6.29. The minimum Gasteiger partial charge on any atom is -0.339 e. The highest BCUT2D eigenvalue weighted by atomic mass is 35.5. The van der Waals surface area contributed by atoms with Crippen LogP contribution in [0, 0.1) is 10.1 Å². The molecule has 0 unspecified atom stereocenters. The lowest BCUT2D eigenvalue weighted by Crippen LogP contribution is -2.31. The summed E-state index contributed by atoms with van der Waals surface area (Å²) in [4.78, 5) is 24.5. The number of rotatable bonds is 5. The molecule has 1 atom stereocenters. The molecule has 0 aliphatic rings. The fourth-order valence-electron chi connectivity index (χ4n) is 2.29. The normalized spacial score (nSPS) is 11.8. The molecule has 0 N–H and O–H groups in total. The van der Waals surface area contributed by atoms with Gasteiger partial charge in [0.2, 0.25) is 5.91 Å². The average molecular weight is 367 g/mol. The van der Waals surface area contributed by atoms with Crippen LogP contribution in [0.25, 0.3) is 0 Å². The average Bonchev–Trinajstić information content (AvgIpc) is 2.56. The first kappa shape index (κ1) is 18.2. The summed E-state index contributed by atoms with van der Waals surface area (Å²) in [5.41, 5.74) is 1.38. The maximum Gasteiger partial charge on any atom is 0.269 e. The highest BCUT2D eigenvalue weighted by Crippen LogP contribution is 2.25. The van der Waals surface area contributed by atoms with E-state index in [1.165, 1.54) is 12.1 Å². The molecule has 0 radical (unpaired) electrons. The van der Waals surface area contributed by atoms with Gasteiger partial charge in [0, 0.05) is 29.2 Å². The van der Waals surface area contributed by atoms with Gasteiger partial charge >= 0.3 is 0 Å².